The number of aromatic nitrogens is 2. The highest BCUT2D eigenvalue weighted by Gasteiger charge is 2.23. The van der Waals surface area contributed by atoms with Crippen molar-refractivity contribution in [3.05, 3.63) is 40.4 Å². The van der Waals surface area contributed by atoms with Gasteiger partial charge in [0.1, 0.15) is 6.10 Å². The molecule has 0 saturated heterocycles. The molecular formula is C12H13N3O4. The summed E-state index contributed by atoms with van der Waals surface area (Å²) in [5.74, 6) is -1.04. The molecule has 0 fully saturated rings. The van der Waals surface area contributed by atoms with Gasteiger partial charge in [0, 0.05) is 7.05 Å². The molecule has 7 nitrogen and oxygen atoms in total. The van der Waals surface area contributed by atoms with E-state index in [1.54, 1.807) is 7.05 Å². The highest BCUT2D eigenvalue weighted by molar-refractivity contribution is 5.81. The largest absolute Gasteiger partial charge is 0.385 e. The predicted octanol–water partition coefficient (Wildman–Crippen LogP) is -1.19. The fraction of sp³-hybridized carbons (Fsp3) is 0.250. The van der Waals surface area contributed by atoms with Crippen LogP contribution in [-0.4, -0.2) is 31.8 Å². The molecule has 0 radical (unpaired) electrons. The van der Waals surface area contributed by atoms with Crippen molar-refractivity contribution < 1.29 is 15.0 Å². The van der Waals surface area contributed by atoms with Crippen LogP contribution in [0.25, 0.3) is 10.9 Å². The molecule has 0 bridgehead atoms. The van der Waals surface area contributed by atoms with E-state index < -0.39 is 18.1 Å². The quantitative estimate of drug-likeness (QED) is 0.643. The Hall–Kier alpha value is -2.25. The van der Waals surface area contributed by atoms with E-state index >= 15 is 0 Å². The number of carbonyl (C=O) groups excluding carboxylic acids is 1. The molecule has 2 unspecified atom stereocenters. The lowest BCUT2D eigenvalue weighted by Crippen LogP contribution is -2.33. The van der Waals surface area contributed by atoms with Crippen LogP contribution in [0.3, 0.4) is 0 Å². The van der Waals surface area contributed by atoms with Gasteiger partial charge in [-0.25, -0.2) is 4.98 Å². The predicted molar refractivity (Wildman–Crippen MR) is 67.1 cm³/mol. The maximum atomic E-state index is 11.9. The molecule has 0 saturated carbocycles. The SMILES string of the molecule is Cn1cnc2ccc(C(O)C(O)C(N)=O)cc2c1=O. The molecule has 2 rings (SSSR count). The van der Waals surface area contributed by atoms with Gasteiger partial charge in [-0.1, -0.05) is 6.07 Å². The Morgan fingerprint density at radius 3 is 2.74 bits per heavy atom. The van der Waals surface area contributed by atoms with Gasteiger partial charge in [0.05, 0.1) is 17.2 Å². The van der Waals surface area contributed by atoms with Crippen LogP contribution in [0.4, 0.5) is 0 Å². The first kappa shape index (κ1) is 13.2. The fourth-order valence-electron chi connectivity index (χ4n) is 1.75. The Kier molecular flexibility index (Phi) is 3.32. The summed E-state index contributed by atoms with van der Waals surface area (Å²) in [6.07, 6.45) is -1.82. The number of benzene rings is 1. The Balaban J connectivity index is 2.55. The van der Waals surface area contributed by atoms with Crippen molar-refractivity contribution in [3.63, 3.8) is 0 Å². The summed E-state index contributed by atoms with van der Waals surface area (Å²) in [6.45, 7) is 0. The number of aryl methyl sites for hydroxylation is 1. The Bertz CT molecular complexity index is 695. The molecule has 1 heterocycles. The van der Waals surface area contributed by atoms with Crippen molar-refractivity contribution in [3.8, 4) is 0 Å². The van der Waals surface area contributed by atoms with Gasteiger partial charge < -0.3 is 20.5 Å². The van der Waals surface area contributed by atoms with Crippen LogP contribution in [0.1, 0.15) is 11.7 Å². The highest BCUT2D eigenvalue weighted by Crippen LogP contribution is 2.19. The fourth-order valence-corrected chi connectivity index (χ4v) is 1.75. The van der Waals surface area contributed by atoms with Crippen LogP contribution in [-0.2, 0) is 11.8 Å². The van der Waals surface area contributed by atoms with Gasteiger partial charge in [-0.2, -0.15) is 0 Å². The molecule has 0 spiro atoms. The van der Waals surface area contributed by atoms with Gasteiger partial charge in [0.2, 0.25) is 5.91 Å². The Morgan fingerprint density at radius 1 is 1.42 bits per heavy atom. The van der Waals surface area contributed by atoms with Crippen molar-refractivity contribution in [2.75, 3.05) is 0 Å². The standard InChI is InChI=1S/C12H13N3O4/c1-15-5-14-8-3-2-6(4-7(8)12(15)19)9(16)10(17)11(13)18/h2-5,9-10,16-17H,1H3,(H2,13,18). The lowest BCUT2D eigenvalue weighted by atomic mass is 10.0. The maximum Gasteiger partial charge on any atom is 0.260 e. The van der Waals surface area contributed by atoms with Gasteiger partial charge in [-0.15, -0.1) is 0 Å². The summed E-state index contributed by atoms with van der Waals surface area (Å²) in [7, 11) is 1.55. The van der Waals surface area contributed by atoms with E-state index in [0.717, 1.165) is 0 Å². The molecule has 2 atom stereocenters. The molecule has 2 aromatic rings. The summed E-state index contributed by atoms with van der Waals surface area (Å²) in [6, 6.07) is 4.40. The molecule has 1 aromatic carbocycles. The van der Waals surface area contributed by atoms with E-state index in [-0.39, 0.29) is 11.1 Å². The summed E-state index contributed by atoms with van der Waals surface area (Å²) in [5.41, 5.74) is 5.32. The third-order valence-corrected chi connectivity index (χ3v) is 2.87. The topological polar surface area (TPSA) is 118 Å². The number of hydrogen-bond acceptors (Lipinski definition) is 5. The van der Waals surface area contributed by atoms with E-state index in [1.165, 1.54) is 29.1 Å². The number of rotatable bonds is 3. The molecule has 19 heavy (non-hydrogen) atoms. The van der Waals surface area contributed by atoms with Crippen LogP contribution < -0.4 is 11.3 Å². The zero-order valence-electron chi connectivity index (χ0n) is 10.1. The van der Waals surface area contributed by atoms with Crippen LogP contribution in [0.5, 0.6) is 0 Å². The molecule has 0 aliphatic carbocycles. The summed E-state index contributed by atoms with van der Waals surface area (Å²) < 4.78 is 1.29. The minimum atomic E-state index is -1.72. The minimum Gasteiger partial charge on any atom is -0.385 e. The van der Waals surface area contributed by atoms with Crippen molar-refractivity contribution in [2.24, 2.45) is 12.8 Å². The summed E-state index contributed by atoms with van der Waals surface area (Å²) in [5, 5.41) is 19.5. The molecule has 7 heteroatoms. The third kappa shape index (κ3) is 2.33. The van der Waals surface area contributed by atoms with Crippen LogP contribution in [0, 0.1) is 0 Å². The third-order valence-electron chi connectivity index (χ3n) is 2.87. The van der Waals surface area contributed by atoms with Gasteiger partial charge in [-0.3, -0.25) is 9.59 Å². The van der Waals surface area contributed by atoms with E-state index in [9.17, 15) is 19.8 Å². The molecular weight excluding hydrogens is 250 g/mol. The normalized spacial score (nSPS) is 14.3. The number of primary amides is 1. The van der Waals surface area contributed by atoms with E-state index in [1.807, 2.05) is 0 Å². The van der Waals surface area contributed by atoms with Gasteiger partial charge in [-0.05, 0) is 17.7 Å². The Labute approximate surface area is 107 Å². The highest BCUT2D eigenvalue weighted by atomic mass is 16.3. The average molecular weight is 263 g/mol. The van der Waals surface area contributed by atoms with E-state index in [0.29, 0.717) is 10.9 Å². The lowest BCUT2D eigenvalue weighted by molar-refractivity contribution is -0.131. The second-order valence-electron chi connectivity index (χ2n) is 4.23. The molecule has 100 valence electrons. The summed E-state index contributed by atoms with van der Waals surface area (Å²) in [4.78, 5) is 26.8. The molecule has 0 aliphatic rings. The molecule has 0 aliphatic heterocycles. The van der Waals surface area contributed by atoms with Gasteiger partial charge in [0.15, 0.2) is 6.10 Å². The van der Waals surface area contributed by atoms with Crippen molar-refractivity contribution in [1.82, 2.24) is 9.55 Å². The van der Waals surface area contributed by atoms with Crippen LogP contribution in [0.2, 0.25) is 0 Å². The average Bonchev–Trinajstić information content (AvgIpc) is 2.41. The number of fused-ring (bicyclic) bond motifs is 1. The van der Waals surface area contributed by atoms with E-state index in [2.05, 4.69) is 4.98 Å². The van der Waals surface area contributed by atoms with Crippen LogP contribution >= 0.6 is 0 Å². The first-order chi connectivity index (χ1) is 8.91. The van der Waals surface area contributed by atoms with Gasteiger partial charge in [0.25, 0.3) is 5.56 Å². The number of aliphatic hydroxyl groups is 2. The maximum absolute atomic E-state index is 11.9. The molecule has 4 N–H and O–H groups in total. The Morgan fingerprint density at radius 2 is 2.11 bits per heavy atom. The lowest BCUT2D eigenvalue weighted by Gasteiger charge is -2.15. The van der Waals surface area contributed by atoms with Crippen molar-refractivity contribution >= 4 is 16.8 Å². The smallest absolute Gasteiger partial charge is 0.260 e. The second kappa shape index (κ2) is 4.79. The number of hydrogen-bond donors (Lipinski definition) is 3. The first-order valence-corrected chi connectivity index (χ1v) is 5.52. The summed E-state index contributed by atoms with van der Waals surface area (Å²) >= 11 is 0. The molecule has 1 aromatic heterocycles. The molecule has 1 amide bonds. The number of nitrogens with two attached hydrogens (primary N) is 1. The monoisotopic (exact) mass is 263 g/mol. The zero-order valence-corrected chi connectivity index (χ0v) is 10.1. The van der Waals surface area contributed by atoms with Crippen LogP contribution in [0.15, 0.2) is 29.3 Å². The number of carbonyl (C=O) groups is 1. The first-order valence-electron chi connectivity index (χ1n) is 5.52. The van der Waals surface area contributed by atoms with Crippen molar-refractivity contribution in [1.29, 1.82) is 0 Å². The minimum absolute atomic E-state index is 0.226. The number of aliphatic hydroxyl groups excluding tert-OH is 2. The van der Waals surface area contributed by atoms with Gasteiger partial charge >= 0.3 is 0 Å². The van der Waals surface area contributed by atoms with Crippen molar-refractivity contribution in [2.45, 2.75) is 12.2 Å². The second-order valence-corrected chi connectivity index (χ2v) is 4.23. The number of nitrogens with zero attached hydrogens (tertiary/aromatic N) is 2. The van der Waals surface area contributed by atoms with E-state index in [4.69, 9.17) is 5.73 Å². The number of amides is 1. The zero-order chi connectivity index (χ0) is 14.2.